The lowest BCUT2D eigenvalue weighted by Crippen LogP contribution is -2.17. The van der Waals surface area contributed by atoms with Gasteiger partial charge in [0, 0.05) is 5.56 Å². The van der Waals surface area contributed by atoms with Crippen molar-refractivity contribution in [2.24, 2.45) is 0 Å². The molecule has 0 bridgehead atoms. The van der Waals surface area contributed by atoms with E-state index in [1.54, 1.807) is 0 Å². The van der Waals surface area contributed by atoms with Crippen molar-refractivity contribution in [1.29, 1.82) is 0 Å². The predicted molar refractivity (Wildman–Crippen MR) is 95.4 cm³/mol. The van der Waals surface area contributed by atoms with Crippen LogP contribution in [-0.2, 0) is 10.8 Å². The molecule has 0 heterocycles. The molecular formula is C20H25ClO. The molecule has 0 amide bonds. The molecule has 0 N–H and O–H groups in total. The van der Waals surface area contributed by atoms with Crippen molar-refractivity contribution in [2.45, 2.75) is 52.4 Å². The number of rotatable bonds is 2. The van der Waals surface area contributed by atoms with Gasteiger partial charge in [0.1, 0.15) is 11.5 Å². The molecule has 0 aromatic heterocycles. The van der Waals surface area contributed by atoms with Gasteiger partial charge in [-0.05, 0) is 34.6 Å². The van der Waals surface area contributed by atoms with E-state index in [9.17, 15) is 0 Å². The second-order valence-corrected chi connectivity index (χ2v) is 8.15. The molecule has 0 fully saturated rings. The summed E-state index contributed by atoms with van der Waals surface area (Å²) in [6.45, 7) is 13.3. The maximum Gasteiger partial charge on any atom is 0.146 e. The van der Waals surface area contributed by atoms with Crippen molar-refractivity contribution in [3.8, 4) is 11.5 Å². The molecule has 0 spiro atoms. The minimum absolute atomic E-state index is 0.00213. The topological polar surface area (TPSA) is 9.23 Å². The zero-order valence-corrected chi connectivity index (χ0v) is 15.1. The standard InChI is InChI=1S/C20H25ClO/c1-19(2,3)14-11-12-17(15(13-14)20(4,5)6)22-18-10-8-7-9-16(18)21/h7-13H,1-6H3. The van der Waals surface area contributed by atoms with Crippen LogP contribution in [0.25, 0.3) is 0 Å². The lowest BCUT2D eigenvalue weighted by Gasteiger charge is -2.27. The highest BCUT2D eigenvalue weighted by molar-refractivity contribution is 6.32. The van der Waals surface area contributed by atoms with Gasteiger partial charge in [-0.25, -0.2) is 0 Å². The van der Waals surface area contributed by atoms with Crippen LogP contribution in [0.15, 0.2) is 42.5 Å². The first kappa shape index (κ1) is 16.9. The van der Waals surface area contributed by atoms with Gasteiger partial charge in [0.05, 0.1) is 5.02 Å². The minimum atomic E-state index is -0.00213. The van der Waals surface area contributed by atoms with Crippen LogP contribution in [-0.4, -0.2) is 0 Å². The Morgan fingerprint density at radius 1 is 0.773 bits per heavy atom. The minimum Gasteiger partial charge on any atom is -0.455 e. The fraction of sp³-hybridized carbons (Fsp3) is 0.400. The number of hydrogen-bond donors (Lipinski definition) is 0. The monoisotopic (exact) mass is 316 g/mol. The molecule has 1 nitrogen and oxygen atoms in total. The fourth-order valence-corrected chi connectivity index (χ4v) is 2.49. The third kappa shape index (κ3) is 3.84. The highest BCUT2D eigenvalue weighted by Crippen LogP contribution is 2.38. The maximum atomic E-state index is 6.22. The number of para-hydroxylation sites is 1. The number of benzene rings is 2. The molecule has 2 heteroatoms. The molecule has 0 aliphatic heterocycles. The molecule has 0 unspecified atom stereocenters. The lowest BCUT2D eigenvalue weighted by atomic mass is 9.80. The smallest absolute Gasteiger partial charge is 0.146 e. The second-order valence-electron chi connectivity index (χ2n) is 7.74. The molecule has 0 saturated carbocycles. The zero-order chi connectivity index (χ0) is 16.5. The number of halogens is 1. The summed E-state index contributed by atoms with van der Waals surface area (Å²) < 4.78 is 6.10. The Hall–Kier alpha value is -1.47. The summed E-state index contributed by atoms with van der Waals surface area (Å²) >= 11 is 6.22. The average Bonchev–Trinajstić information content (AvgIpc) is 2.39. The van der Waals surface area contributed by atoms with Gasteiger partial charge in [0.2, 0.25) is 0 Å². The summed E-state index contributed by atoms with van der Waals surface area (Å²) in [5, 5.41) is 0.627. The van der Waals surface area contributed by atoms with Crippen LogP contribution in [0.2, 0.25) is 5.02 Å². The highest BCUT2D eigenvalue weighted by Gasteiger charge is 2.23. The van der Waals surface area contributed by atoms with Gasteiger partial charge < -0.3 is 4.74 Å². The quantitative estimate of drug-likeness (QED) is 0.597. The Morgan fingerprint density at radius 3 is 1.95 bits per heavy atom. The maximum absolute atomic E-state index is 6.22. The molecule has 22 heavy (non-hydrogen) atoms. The van der Waals surface area contributed by atoms with E-state index in [1.165, 1.54) is 11.1 Å². The third-order valence-electron chi connectivity index (χ3n) is 3.71. The van der Waals surface area contributed by atoms with Crippen molar-refractivity contribution in [2.75, 3.05) is 0 Å². The average molecular weight is 317 g/mol. The van der Waals surface area contributed by atoms with E-state index in [0.717, 1.165) is 5.75 Å². The molecule has 0 aliphatic carbocycles. The lowest BCUT2D eigenvalue weighted by molar-refractivity contribution is 0.453. The van der Waals surface area contributed by atoms with E-state index in [0.29, 0.717) is 10.8 Å². The molecule has 2 aromatic rings. The van der Waals surface area contributed by atoms with E-state index in [-0.39, 0.29) is 10.8 Å². The van der Waals surface area contributed by atoms with E-state index in [2.05, 4.69) is 59.7 Å². The summed E-state index contributed by atoms with van der Waals surface area (Å²) in [5.74, 6) is 1.56. The summed E-state index contributed by atoms with van der Waals surface area (Å²) in [7, 11) is 0. The Kier molecular flexibility index (Phi) is 4.58. The molecule has 0 saturated heterocycles. The van der Waals surface area contributed by atoms with Crippen LogP contribution in [0.5, 0.6) is 11.5 Å². The van der Waals surface area contributed by atoms with Crippen LogP contribution in [0.1, 0.15) is 52.7 Å². The predicted octanol–water partition coefficient (Wildman–Crippen LogP) is 6.73. The third-order valence-corrected chi connectivity index (χ3v) is 4.02. The highest BCUT2D eigenvalue weighted by atomic mass is 35.5. The normalized spacial score (nSPS) is 12.3. The summed E-state index contributed by atoms with van der Waals surface area (Å²) in [5.41, 5.74) is 2.62. The summed E-state index contributed by atoms with van der Waals surface area (Å²) in [6, 6.07) is 14.0. The Balaban J connectivity index is 2.50. The van der Waals surface area contributed by atoms with Crippen LogP contribution in [0, 0.1) is 0 Å². The van der Waals surface area contributed by atoms with Crippen molar-refractivity contribution in [3.63, 3.8) is 0 Å². The van der Waals surface area contributed by atoms with Gasteiger partial charge in [-0.3, -0.25) is 0 Å². The Morgan fingerprint density at radius 2 is 1.41 bits per heavy atom. The first-order chi connectivity index (χ1) is 10.1. The molecule has 2 rings (SSSR count). The van der Waals surface area contributed by atoms with E-state index < -0.39 is 0 Å². The Labute approximate surface area is 139 Å². The van der Waals surface area contributed by atoms with Gasteiger partial charge >= 0.3 is 0 Å². The number of hydrogen-bond acceptors (Lipinski definition) is 1. The first-order valence-electron chi connectivity index (χ1n) is 7.66. The van der Waals surface area contributed by atoms with Gasteiger partial charge in [-0.2, -0.15) is 0 Å². The largest absolute Gasteiger partial charge is 0.455 e. The van der Waals surface area contributed by atoms with Crippen LogP contribution in [0.3, 0.4) is 0 Å². The van der Waals surface area contributed by atoms with Gasteiger partial charge in [-0.15, -0.1) is 0 Å². The van der Waals surface area contributed by atoms with Crippen LogP contribution in [0.4, 0.5) is 0 Å². The van der Waals surface area contributed by atoms with Crippen molar-refractivity contribution >= 4 is 11.6 Å². The Bertz CT molecular complexity index is 660. The van der Waals surface area contributed by atoms with E-state index in [1.807, 2.05) is 24.3 Å². The van der Waals surface area contributed by atoms with Gasteiger partial charge in [0.25, 0.3) is 0 Å². The van der Waals surface area contributed by atoms with Crippen LogP contribution >= 0.6 is 11.6 Å². The summed E-state index contributed by atoms with van der Waals surface area (Å²) in [6.07, 6.45) is 0. The molecule has 0 atom stereocenters. The van der Waals surface area contributed by atoms with E-state index in [4.69, 9.17) is 16.3 Å². The first-order valence-corrected chi connectivity index (χ1v) is 8.04. The summed E-state index contributed by atoms with van der Waals surface area (Å²) in [4.78, 5) is 0. The van der Waals surface area contributed by atoms with Crippen LogP contribution < -0.4 is 4.74 Å². The van der Waals surface area contributed by atoms with Crippen molar-refractivity contribution in [1.82, 2.24) is 0 Å². The van der Waals surface area contributed by atoms with E-state index >= 15 is 0 Å². The molecule has 0 radical (unpaired) electrons. The molecule has 2 aromatic carbocycles. The van der Waals surface area contributed by atoms with Crippen molar-refractivity contribution < 1.29 is 4.74 Å². The van der Waals surface area contributed by atoms with Gasteiger partial charge in [-0.1, -0.05) is 77.4 Å². The molecular weight excluding hydrogens is 292 g/mol. The zero-order valence-electron chi connectivity index (χ0n) is 14.3. The SMILES string of the molecule is CC(C)(C)c1ccc(Oc2ccccc2Cl)c(C(C)(C)C)c1. The second kappa shape index (κ2) is 5.96. The van der Waals surface area contributed by atoms with Crippen molar-refractivity contribution in [3.05, 3.63) is 58.6 Å². The number of ether oxygens (including phenoxy) is 1. The van der Waals surface area contributed by atoms with Gasteiger partial charge in [0.15, 0.2) is 0 Å². The fourth-order valence-electron chi connectivity index (χ4n) is 2.32. The molecule has 0 aliphatic rings. The molecule has 118 valence electrons.